The lowest BCUT2D eigenvalue weighted by atomic mass is 10.2. The van der Waals surface area contributed by atoms with Gasteiger partial charge in [0.05, 0.1) is 6.61 Å². The molecule has 0 aliphatic carbocycles. The van der Waals surface area contributed by atoms with Crippen molar-refractivity contribution in [2.75, 3.05) is 29.7 Å². The summed E-state index contributed by atoms with van der Waals surface area (Å²) in [6.07, 6.45) is 3.89. The molecule has 1 aromatic rings. The Morgan fingerprint density at radius 3 is 2.89 bits per heavy atom. The molecule has 0 aliphatic heterocycles. The van der Waals surface area contributed by atoms with Crippen molar-refractivity contribution < 1.29 is 8.95 Å². The van der Waals surface area contributed by atoms with E-state index in [1.807, 2.05) is 13.8 Å². The van der Waals surface area contributed by atoms with Crippen LogP contribution in [0.2, 0.25) is 0 Å². The normalized spacial score (nSPS) is 13.9. The summed E-state index contributed by atoms with van der Waals surface area (Å²) in [7, 11) is -0.786. The van der Waals surface area contributed by atoms with E-state index < -0.39 is 10.8 Å². The van der Waals surface area contributed by atoms with Crippen LogP contribution in [0.1, 0.15) is 20.3 Å². The Morgan fingerprint density at radius 2 is 2.28 bits per heavy atom. The summed E-state index contributed by atoms with van der Waals surface area (Å²) in [5.74, 6) is 1.60. The Bertz CT molecular complexity index is 414. The molecule has 3 N–H and O–H groups in total. The number of nitrogens with two attached hydrogens (primary N) is 1. The molecule has 1 aromatic heterocycles. The maximum Gasteiger partial charge on any atom is 0.242 e. The summed E-state index contributed by atoms with van der Waals surface area (Å²) in [5.41, 5.74) is 6.31. The SMILES string of the molecule is CCOc1ncnc(NC(C)CCS(C)=O)c1N. The molecule has 2 unspecified atom stereocenters. The Morgan fingerprint density at radius 1 is 1.56 bits per heavy atom. The molecule has 0 aliphatic rings. The fourth-order valence-electron chi connectivity index (χ4n) is 1.39. The highest BCUT2D eigenvalue weighted by atomic mass is 32.2. The number of hydrogen-bond acceptors (Lipinski definition) is 6. The Kier molecular flexibility index (Phi) is 5.84. The predicted molar refractivity (Wildman–Crippen MR) is 74.2 cm³/mol. The van der Waals surface area contributed by atoms with Gasteiger partial charge in [-0.15, -0.1) is 0 Å². The summed E-state index contributed by atoms with van der Waals surface area (Å²) in [5, 5.41) is 3.17. The van der Waals surface area contributed by atoms with Gasteiger partial charge < -0.3 is 15.8 Å². The van der Waals surface area contributed by atoms with Crippen molar-refractivity contribution in [1.29, 1.82) is 0 Å². The molecule has 18 heavy (non-hydrogen) atoms. The number of rotatable bonds is 7. The van der Waals surface area contributed by atoms with E-state index in [1.54, 1.807) is 6.26 Å². The van der Waals surface area contributed by atoms with Gasteiger partial charge in [-0.2, -0.15) is 4.98 Å². The molecule has 1 rings (SSSR count). The third kappa shape index (κ3) is 4.48. The van der Waals surface area contributed by atoms with Crippen LogP contribution in [-0.2, 0) is 10.8 Å². The molecule has 0 amide bonds. The van der Waals surface area contributed by atoms with Crippen LogP contribution >= 0.6 is 0 Å². The summed E-state index contributed by atoms with van der Waals surface area (Å²) in [6.45, 7) is 4.37. The monoisotopic (exact) mass is 272 g/mol. The standard InChI is InChI=1S/C11H20N4O2S/c1-4-17-11-9(12)10(13-7-14-11)15-8(2)5-6-18(3)16/h7-8H,4-6,12H2,1-3H3,(H,13,14,15). The first kappa shape index (κ1) is 14.7. The second kappa shape index (κ2) is 7.15. The molecule has 0 fully saturated rings. The van der Waals surface area contributed by atoms with Crippen LogP contribution < -0.4 is 15.8 Å². The first-order valence-electron chi connectivity index (χ1n) is 5.84. The van der Waals surface area contributed by atoms with E-state index in [1.165, 1.54) is 6.33 Å². The molecule has 0 spiro atoms. The van der Waals surface area contributed by atoms with Crippen LogP contribution in [0.15, 0.2) is 6.33 Å². The summed E-state index contributed by atoms with van der Waals surface area (Å²) in [6, 6.07) is 0.139. The molecule has 0 saturated carbocycles. The van der Waals surface area contributed by atoms with Crippen LogP contribution in [0.25, 0.3) is 0 Å². The van der Waals surface area contributed by atoms with Gasteiger partial charge in [0, 0.05) is 28.9 Å². The van der Waals surface area contributed by atoms with E-state index in [2.05, 4.69) is 15.3 Å². The number of nitrogen functional groups attached to an aromatic ring is 1. The number of ether oxygens (including phenoxy) is 1. The van der Waals surface area contributed by atoms with Crippen molar-refractivity contribution in [3.05, 3.63) is 6.33 Å². The second-order valence-electron chi connectivity index (χ2n) is 3.99. The number of anilines is 2. The van der Waals surface area contributed by atoms with Crippen molar-refractivity contribution >= 4 is 22.3 Å². The number of nitrogens with one attached hydrogen (secondary N) is 1. The van der Waals surface area contributed by atoms with Gasteiger partial charge in [-0.05, 0) is 20.3 Å². The number of hydrogen-bond donors (Lipinski definition) is 2. The molecule has 0 aromatic carbocycles. The van der Waals surface area contributed by atoms with E-state index in [-0.39, 0.29) is 6.04 Å². The van der Waals surface area contributed by atoms with E-state index in [4.69, 9.17) is 10.5 Å². The maximum absolute atomic E-state index is 11.0. The van der Waals surface area contributed by atoms with Gasteiger partial charge in [-0.3, -0.25) is 4.21 Å². The van der Waals surface area contributed by atoms with Crippen LogP contribution in [0.4, 0.5) is 11.5 Å². The Balaban J connectivity index is 2.66. The van der Waals surface area contributed by atoms with E-state index >= 15 is 0 Å². The zero-order chi connectivity index (χ0) is 13.5. The number of aromatic nitrogens is 2. The smallest absolute Gasteiger partial charge is 0.242 e. The van der Waals surface area contributed by atoms with Crippen LogP contribution in [0, 0.1) is 0 Å². The summed E-state index contributed by atoms with van der Waals surface area (Å²) < 4.78 is 16.3. The van der Waals surface area contributed by atoms with E-state index in [0.717, 1.165) is 6.42 Å². The van der Waals surface area contributed by atoms with Crippen LogP contribution in [0.3, 0.4) is 0 Å². The first-order chi connectivity index (χ1) is 8.54. The molecule has 6 nitrogen and oxygen atoms in total. The summed E-state index contributed by atoms with van der Waals surface area (Å²) >= 11 is 0. The molecule has 7 heteroatoms. The third-order valence-corrected chi connectivity index (χ3v) is 3.16. The van der Waals surface area contributed by atoms with Gasteiger partial charge in [0.1, 0.15) is 12.0 Å². The molecular formula is C11H20N4O2S. The van der Waals surface area contributed by atoms with Crippen molar-refractivity contribution in [3.8, 4) is 5.88 Å². The van der Waals surface area contributed by atoms with Crippen LogP contribution in [-0.4, -0.2) is 38.8 Å². The number of nitrogens with zero attached hydrogens (tertiary/aromatic N) is 2. The lowest BCUT2D eigenvalue weighted by Crippen LogP contribution is -2.20. The van der Waals surface area contributed by atoms with Crippen molar-refractivity contribution in [3.63, 3.8) is 0 Å². The highest BCUT2D eigenvalue weighted by molar-refractivity contribution is 7.84. The minimum absolute atomic E-state index is 0.139. The van der Waals surface area contributed by atoms with Gasteiger partial charge in [-0.25, -0.2) is 4.98 Å². The van der Waals surface area contributed by atoms with Gasteiger partial charge in [0.25, 0.3) is 0 Å². The Labute approximate surface area is 110 Å². The van der Waals surface area contributed by atoms with Crippen molar-refractivity contribution in [2.24, 2.45) is 0 Å². The Hall–Kier alpha value is -1.37. The van der Waals surface area contributed by atoms with E-state index in [0.29, 0.717) is 29.7 Å². The average molecular weight is 272 g/mol. The molecule has 102 valence electrons. The highest BCUT2D eigenvalue weighted by Gasteiger charge is 2.11. The average Bonchev–Trinajstić information content (AvgIpc) is 2.32. The zero-order valence-electron chi connectivity index (χ0n) is 11.0. The third-order valence-electron chi connectivity index (χ3n) is 2.35. The molecule has 0 radical (unpaired) electrons. The van der Waals surface area contributed by atoms with Gasteiger partial charge in [0.2, 0.25) is 5.88 Å². The fourth-order valence-corrected chi connectivity index (χ4v) is 2.08. The summed E-state index contributed by atoms with van der Waals surface area (Å²) in [4.78, 5) is 8.05. The minimum atomic E-state index is -0.786. The lowest BCUT2D eigenvalue weighted by Gasteiger charge is -2.16. The maximum atomic E-state index is 11.0. The molecule has 1 heterocycles. The second-order valence-corrected chi connectivity index (χ2v) is 5.54. The molecule has 0 saturated heterocycles. The van der Waals surface area contributed by atoms with Gasteiger partial charge in [-0.1, -0.05) is 0 Å². The largest absolute Gasteiger partial charge is 0.476 e. The minimum Gasteiger partial charge on any atom is -0.476 e. The fraction of sp³-hybridized carbons (Fsp3) is 0.636. The predicted octanol–water partition coefficient (Wildman–Crippen LogP) is 1.03. The lowest BCUT2D eigenvalue weighted by molar-refractivity contribution is 0.328. The molecule has 2 atom stereocenters. The molecular weight excluding hydrogens is 252 g/mol. The highest BCUT2D eigenvalue weighted by Crippen LogP contribution is 2.25. The van der Waals surface area contributed by atoms with Crippen molar-refractivity contribution in [2.45, 2.75) is 26.3 Å². The van der Waals surface area contributed by atoms with Crippen molar-refractivity contribution in [1.82, 2.24) is 9.97 Å². The van der Waals surface area contributed by atoms with Crippen LogP contribution in [0.5, 0.6) is 5.88 Å². The first-order valence-corrected chi connectivity index (χ1v) is 7.57. The molecule has 0 bridgehead atoms. The van der Waals surface area contributed by atoms with E-state index in [9.17, 15) is 4.21 Å². The topological polar surface area (TPSA) is 90.1 Å². The van der Waals surface area contributed by atoms with Gasteiger partial charge in [0.15, 0.2) is 5.82 Å². The van der Waals surface area contributed by atoms with Gasteiger partial charge >= 0.3 is 0 Å². The quantitative estimate of drug-likeness (QED) is 0.770. The zero-order valence-corrected chi connectivity index (χ0v) is 11.8.